The summed E-state index contributed by atoms with van der Waals surface area (Å²) in [6.07, 6.45) is 5.33. The molecule has 10 nitrogen and oxygen atoms in total. The minimum absolute atomic E-state index is 0.00981. The van der Waals surface area contributed by atoms with Crippen LogP contribution >= 0.6 is 0 Å². The number of carbonyl (C=O) groups is 3. The van der Waals surface area contributed by atoms with Crippen LogP contribution in [0.25, 0.3) is 22.3 Å². The third kappa shape index (κ3) is 6.67. The normalized spacial score (nSPS) is 12.4. The van der Waals surface area contributed by atoms with Crippen molar-refractivity contribution in [3.63, 3.8) is 0 Å². The van der Waals surface area contributed by atoms with Gasteiger partial charge in [-0.2, -0.15) is 0 Å². The number of Topliss-reactive ketones (excluding diaryl/α,β-unsaturated/α-hetero) is 2. The summed E-state index contributed by atoms with van der Waals surface area (Å²) in [5.41, 5.74) is 3.83. The maximum atomic E-state index is 12.5. The topological polar surface area (TPSA) is 155 Å². The van der Waals surface area contributed by atoms with E-state index in [2.05, 4.69) is 29.9 Å². The Morgan fingerprint density at radius 2 is 1.15 bits per heavy atom. The van der Waals surface area contributed by atoms with Crippen LogP contribution < -0.4 is 0 Å². The first-order chi connectivity index (χ1) is 21.8. The maximum Gasteiger partial charge on any atom is 0.212 e. The van der Waals surface area contributed by atoms with E-state index in [1.54, 1.807) is 36.7 Å². The number of aliphatic hydroxyl groups excluding tert-OH is 1. The number of hydrogen-bond donors (Lipinski definition) is 3. The van der Waals surface area contributed by atoms with Gasteiger partial charge >= 0.3 is 0 Å². The van der Waals surface area contributed by atoms with Gasteiger partial charge in [0.05, 0.1) is 29.2 Å². The van der Waals surface area contributed by atoms with Crippen molar-refractivity contribution < 1.29 is 19.5 Å². The number of H-pyrrole nitrogens is 2. The fourth-order valence-electron chi connectivity index (χ4n) is 4.74. The molecule has 0 bridgehead atoms. The molecule has 3 N–H and O–H groups in total. The second kappa shape index (κ2) is 12.6. The number of aliphatic hydroxyl groups is 1. The highest BCUT2D eigenvalue weighted by atomic mass is 16.3. The van der Waals surface area contributed by atoms with Gasteiger partial charge < -0.3 is 15.1 Å². The van der Waals surface area contributed by atoms with Gasteiger partial charge in [0, 0.05) is 28.8 Å². The Balaban J connectivity index is 0.000000181. The molecular formula is C36H36N6O4. The van der Waals surface area contributed by atoms with E-state index in [-0.39, 0.29) is 23.0 Å². The van der Waals surface area contributed by atoms with Crippen molar-refractivity contribution >= 4 is 39.7 Å². The average molecular weight is 617 g/mol. The molecule has 0 aliphatic carbocycles. The van der Waals surface area contributed by atoms with Crippen LogP contribution in [-0.4, -0.2) is 52.4 Å². The number of ketones is 3. The highest BCUT2D eigenvalue weighted by molar-refractivity contribution is 6.11. The van der Waals surface area contributed by atoms with Gasteiger partial charge in [0.2, 0.25) is 5.78 Å². The van der Waals surface area contributed by atoms with Crippen LogP contribution in [0, 0.1) is 10.8 Å². The van der Waals surface area contributed by atoms with E-state index < -0.39 is 16.9 Å². The third-order valence-electron chi connectivity index (χ3n) is 7.30. The molecule has 4 heterocycles. The van der Waals surface area contributed by atoms with Gasteiger partial charge in [-0.25, -0.2) is 19.9 Å². The second-order valence-electron chi connectivity index (χ2n) is 13.0. The zero-order valence-electron chi connectivity index (χ0n) is 26.6. The zero-order valence-corrected chi connectivity index (χ0v) is 26.6. The largest absolute Gasteiger partial charge is 0.382 e. The van der Waals surface area contributed by atoms with Gasteiger partial charge in [0.15, 0.2) is 22.9 Å². The van der Waals surface area contributed by atoms with Crippen LogP contribution in [0.4, 0.5) is 0 Å². The molecule has 0 saturated carbocycles. The van der Waals surface area contributed by atoms with Crippen molar-refractivity contribution in [3.8, 4) is 0 Å². The predicted molar refractivity (Wildman–Crippen MR) is 176 cm³/mol. The number of rotatable bonds is 6. The molecule has 4 aromatic heterocycles. The number of fused-ring (bicyclic) bond motifs is 2. The van der Waals surface area contributed by atoms with E-state index in [0.29, 0.717) is 44.7 Å². The quantitative estimate of drug-likeness (QED) is 0.175. The molecule has 6 aromatic rings. The summed E-state index contributed by atoms with van der Waals surface area (Å²) in [6.45, 7) is 11.1. The lowest BCUT2D eigenvalue weighted by atomic mass is 9.87. The number of nitrogens with zero attached hydrogens (tertiary/aromatic N) is 4. The van der Waals surface area contributed by atoms with E-state index in [4.69, 9.17) is 0 Å². The Kier molecular flexibility index (Phi) is 8.76. The fraction of sp³-hybridized carbons (Fsp3) is 0.250. The highest BCUT2D eigenvalue weighted by Gasteiger charge is 2.28. The molecular weight excluding hydrogens is 580 g/mol. The van der Waals surface area contributed by atoms with Crippen molar-refractivity contribution in [1.29, 1.82) is 0 Å². The smallest absolute Gasteiger partial charge is 0.212 e. The first-order valence-electron chi connectivity index (χ1n) is 14.9. The standard InChI is InChI=1S/C18H19N3O2.C18H17N3O2/c2*1-18(2,3)16(23)12-9-19-17-14(12)21-13(10-20-17)15(22)11-7-5-4-6-8-11/h4-10,15,22H,1-3H3,(H,19,20);4-10H,1-3H3,(H,19,20). The van der Waals surface area contributed by atoms with Crippen molar-refractivity contribution in [2.24, 2.45) is 10.8 Å². The monoisotopic (exact) mass is 616 g/mol. The Bertz CT molecular complexity index is 2030. The number of benzene rings is 2. The van der Waals surface area contributed by atoms with Gasteiger partial charge in [-0.15, -0.1) is 0 Å². The van der Waals surface area contributed by atoms with E-state index in [9.17, 15) is 19.5 Å². The Hall–Kier alpha value is -5.35. The summed E-state index contributed by atoms with van der Waals surface area (Å²) in [5, 5.41) is 10.5. The maximum absolute atomic E-state index is 12.5. The minimum atomic E-state index is -0.874. The molecule has 2 aromatic carbocycles. The lowest BCUT2D eigenvalue weighted by molar-refractivity contribution is 0.0854. The molecule has 0 saturated heterocycles. The molecule has 0 aliphatic rings. The van der Waals surface area contributed by atoms with Crippen molar-refractivity contribution in [1.82, 2.24) is 29.9 Å². The fourth-order valence-corrected chi connectivity index (χ4v) is 4.74. The number of nitrogens with one attached hydrogen (secondary N) is 2. The molecule has 1 atom stereocenters. The van der Waals surface area contributed by atoms with Gasteiger partial charge in [-0.05, 0) is 5.56 Å². The summed E-state index contributed by atoms with van der Waals surface area (Å²) < 4.78 is 0. The first kappa shape index (κ1) is 32.1. The Morgan fingerprint density at radius 1 is 0.674 bits per heavy atom. The van der Waals surface area contributed by atoms with Crippen molar-refractivity contribution in [3.05, 3.63) is 119 Å². The molecule has 0 spiro atoms. The van der Waals surface area contributed by atoms with Gasteiger partial charge in [0.25, 0.3) is 0 Å². The van der Waals surface area contributed by atoms with Gasteiger partial charge in [0.1, 0.15) is 22.8 Å². The van der Waals surface area contributed by atoms with Gasteiger partial charge in [-0.3, -0.25) is 14.4 Å². The molecule has 0 amide bonds. The van der Waals surface area contributed by atoms with Crippen molar-refractivity contribution in [2.45, 2.75) is 47.6 Å². The zero-order chi connectivity index (χ0) is 33.2. The van der Waals surface area contributed by atoms with Crippen molar-refractivity contribution in [2.75, 3.05) is 0 Å². The third-order valence-corrected chi connectivity index (χ3v) is 7.30. The average Bonchev–Trinajstić information content (AvgIpc) is 3.67. The van der Waals surface area contributed by atoms with Crippen LogP contribution in [0.3, 0.4) is 0 Å². The molecule has 0 radical (unpaired) electrons. The molecule has 1 unspecified atom stereocenters. The van der Waals surface area contributed by atoms with Crippen LogP contribution in [0.1, 0.15) is 95.7 Å². The summed E-state index contributed by atoms with van der Waals surface area (Å²) in [6, 6.07) is 18.1. The predicted octanol–water partition coefficient (Wildman–Crippen LogP) is 6.69. The van der Waals surface area contributed by atoms with Crippen LogP contribution in [-0.2, 0) is 0 Å². The molecule has 0 aliphatic heterocycles. The summed E-state index contributed by atoms with van der Waals surface area (Å²) in [5.74, 6) is -0.262. The molecule has 46 heavy (non-hydrogen) atoms. The summed E-state index contributed by atoms with van der Waals surface area (Å²) in [7, 11) is 0. The van der Waals surface area contributed by atoms with Gasteiger partial charge in [-0.1, -0.05) is 102 Å². The number of hydrogen-bond acceptors (Lipinski definition) is 8. The molecule has 0 fully saturated rings. The first-order valence-corrected chi connectivity index (χ1v) is 14.9. The van der Waals surface area contributed by atoms with Crippen LogP contribution in [0.2, 0.25) is 0 Å². The lowest BCUT2D eigenvalue weighted by Crippen LogP contribution is -2.20. The van der Waals surface area contributed by atoms with Crippen LogP contribution in [0.5, 0.6) is 0 Å². The number of aromatic amines is 2. The van der Waals surface area contributed by atoms with E-state index >= 15 is 0 Å². The second-order valence-corrected chi connectivity index (χ2v) is 13.0. The minimum Gasteiger partial charge on any atom is -0.382 e. The lowest BCUT2D eigenvalue weighted by Gasteiger charge is -2.15. The van der Waals surface area contributed by atoms with Crippen LogP contribution in [0.15, 0.2) is 85.5 Å². The van der Waals surface area contributed by atoms with E-state index in [1.165, 1.54) is 12.4 Å². The summed E-state index contributed by atoms with van der Waals surface area (Å²) in [4.78, 5) is 60.8. The number of aromatic nitrogens is 6. The Labute approximate surface area is 266 Å². The van der Waals surface area contributed by atoms with E-state index in [1.807, 2.05) is 77.9 Å². The molecule has 6 rings (SSSR count). The number of carbonyl (C=O) groups excluding carboxylic acids is 3. The summed E-state index contributed by atoms with van der Waals surface area (Å²) >= 11 is 0. The molecule has 234 valence electrons. The SMILES string of the molecule is CC(C)(C)C(=O)c1c[nH]c2ncc(C(=O)c3ccccc3)nc12.CC(C)(C)C(=O)c1c[nH]c2ncc(C(O)c3ccccc3)nc12. The Morgan fingerprint density at radius 3 is 1.67 bits per heavy atom. The van der Waals surface area contributed by atoms with E-state index in [0.717, 1.165) is 5.56 Å². The molecule has 10 heteroatoms. The highest BCUT2D eigenvalue weighted by Crippen LogP contribution is 2.28.